The fourth-order valence-corrected chi connectivity index (χ4v) is 2.33. The highest BCUT2D eigenvalue weighted by Crippen LogP contribution is 2.21. The van der Waals surface area contributed by atoms with E-state index in [1.807, 2.05) is 25.1 Å². The molecule has 16 heavy (non-hydrogen) atoms. The van der Waals surface area contributed by atoms with E-state index in [0.29, 0.717) is 18.4 Å². The number of likely N-dealkylation sites (tertiary alicyclic amines) is 1. The summed E-state index contributed by atoms with van der Waals surface area (Å²) in [4.78, 5) is 14.0. The van der Waals surface area contributed by atoms with Crippen LogP contribution in [0.4, 0.5) is 0 Å². The Bertz CT molecular complexity index is 360. The molecule has 2 nitrogen and oxygen atoms in total. The highest BCUT2D eigenvalue weighted by atomic mass is 16.1. The van der Waals surface area contributed by atoms with E-state index in [1.165, 1.54) is 5.56 Å². The van der Waals surface area contributed by atoms with Crippen LogP contribution in [0.15, 0.2) is 30.3 Å². The molecule has 1 aromatic carbocycles. The zero-order valence-electron chi connectivity index (χ0n) is 10.0. The number of hydrogen-bond acceptors (Lipinski definition) is 2. The highest BCUT2D eigenvalue weighted by Gasteiger charge is 2.28. The Labute approximate surface area is 97.3 Å². The monoisotopic (exact) mass is 217 g/mol. The minimum atomic E-state index is 0.238. The van der Waals surface area contributed by atoms with E-state index in [4.69, 9.17) is 0 Å². The summed E-state index contributed by atoms with van der Waals surface area (Å²) in [5.41, 5.74) is 1.29. The van der Waals surface area contributed by atoms with Crippen LogP contribution in [0.2, 0.25) is 0 Å². The average molecular weight is 217 g/mol. The summed E-state index contributed by atoms with van der Waals surface area (Å²) in [5.74, 6) is 0.621. The zero-order valence-corrected chi connectivity index (χ0v) is 10.0. The summed E-state index contributed by atoms with van der Waals surface area (Å²) in [6.45, 7) is 5.75. The Hall–Kier alpha value is -1.15. The number of nitrogens with zero attached hydrogens (tertiary/aromatic N) is 1. The second-order valence-corrected chi connectivity index (χ2v) is 4.84. The molecule has 2 atom stereocenters. The number of ketones is 1. The van der Waals surface area contributed by atoms with Crippen molar-refractivity contribution in [3.63, 3.8) is 0 Å². The van der Waals surface area contributed by atoms with Gasteiger partial charge in [0.1, 0.15) is 5.78 Å². The van der Waals surface area contributed by atoms with Crippen LogP contribution in [0.1, 0.15) is 25.8 Å². The number of carbonyl (C=O) groups is 1. The maximum absolute atomic E-state index is 11.7. The molecular formula is C14H19NO. The standard InChI is InChI=1S/C14H19NO/c1-11-8-12(2)15(10-14(11)16)9-13-6-4-3-5-7-13/h3-7,11-12H,8-10H2,1-2H3/t11-,12-/m0/s1. The molecule has 0 radical (unpaired) electrons. The lowest BCUT2D eigenvalue weighted by atomic mass is 9.92. The lowest BCUT2D eigenvalue weighted by Crippen LogP contribution is -2.45. The van der Waals surface area contributed by atoms with Crippen molar-refractivity contribution >= 4 is 5.78 Å². The molecule has 0 N–H and O–H groups in total. The molecule has 0 spiro atoms. The maximum Gasteiger partial charge on any atom is 0.149 e. The van der Waals surface area contributed by atoms with Gasteiger partial charge < -0.3 is 0 Å². The SMILES string of the molecule is C[C@H]1C[C@H](C)N(Cc2ccccc2)CC1=O. The second kappa shape index (κ2) is 4.79. The minimum Gasteiger partial charge on any atom is -0.298 e. The van der Waals surface area contributed by atoms with Crippen LogP contribution in [0.5, 0.6) is 0 Å². The molecule has 0 aromatic heterocycles. The minimum absolute atomic E-state index is 0.238. The highest BCUT2D eigenvalue weighted by molar-refractivity contribution is 5.83. The quantitative estimate of drug-likeness (QED) is 0.758. The van der Waals surface area contributed by atoms with Crippen molar-refractivity contribution in [3.05, 3.63) is 35.9 Å². The summed E-state index contributed by atoms with van der Waals surface area (Å²) >= 11 is 0. The van der Waals surface area contributed by atoms with E-state index in [0.717, 1.165) is 13.0 Å². The topological polar surface area (TPSA) is 20.3 Å². The molecule has 1 heterocycles. The molecule has 1 aliphatic heterocycles. The predicted molar refractivity (Wildman–Crippen MR) is 65.1 cm³/mol. The van der Waals surface area contributed by atoms with E-state index in [9.17, 15) is 4.79 Å². The summed E-state index contributed by atoms with van der Waals surface area (Å²) in [6, 6.07) is 10.9. The van der Waals surface area contributed by atoms with Crippen molar-refractivity contribution in [2.45, 2.75) is 32.9 Å². The van der Waals surface area contributed by atoms with Crippen LogP contribution in [0, 0.1) is 5.92 Å². The van der Waals surface area contributed by atoms with E-state index in [1.54, 1.807) is 0 Å². The molecule has 0 unspecified atom stereocenters. The number of hydrogen-bond donors (Lipinski definition) is 0. The lowest BCUT2D eigenvalue weighted by molar-refractivity contribution is -0.128. The number of carbonyl (C=O) groups excluding carboxylic acids is 1. The second-order valence-electron chi connectivity index (χ2n) is 4.84. The van der Waals surface area contributed by atoms with Crippen molar-refractivity contribution in [2.24, 2.45) is 5.92 Å². The van der Waals surface area contributed by atoms with Crippen LogP contribution in [-0.4, -0.2) is 23.3 Å². The van der Waals surface area contributed by atoms with Crippen molar-refractivity contribution < 1.29 is 4.79 Å². The first-order chi connectivity index (χ1) is 7.66. The van der Waals surface area contributed by atoms with Crippen LogP contribution < -0.4 is 0 Å². The molecule has 2 heteroatoms. The van der Waals surface area contributed by atoms with Crippen LogP contribution in [0.25, 0.3) is 0 Å². The van der Waals surface area contributed by atoms with E-state index in [-0.39, 0.29) is 5.92 Å². The zero-order chi connectivity index (χ0) is 11.5. The Morgan fingerprint density at radius 2 is 1.94 bits per heavy atom. The van der Waals surface area contributed by atoms with Gasteiger partial charge in [-0.3, -0.25) is 9.69 Å². The van der Waals surface area contributed by atoms with Gasteiger partial charge in [-0.05, 0) is 18.9 Å². The molecule has 0 aliphatic carbocycles. The third-order valence-electron chi connectivity index (χ3n) is 3.46. The number of Topliss-reactive ketones (excluding diaryl/α,β-unsaturated/α-hetero) is 1. The molecule has 0 bridgehead atoms. The first kappa shape index (κ1) is 11.3. The van der Waals surface area contributed by atoms with Gasteiger partial charge in [-0.1, -0.05) is 37.3 Å². The summed E-state index contributed by atoms with van der Waals surface area (Å²) in [6.07, 6.45) is 0.992. The molecule has 1 saturated heterocycles. The van der Waals surface area contributed by atoms with Gasteiger partial charge in [0.15, 0.2) is 0 Å². The third kappa shape index (κ3) is 2.50. The maximum atomic E-state index is 11.7. The fourth-order valence-electron chi connectivity index (χ4n) is 2.33. The first-order valence-corrected chi connectivity index (χ1v) is 5.97. The smallest absolute Gasteiger partial charge is 0.149 e. The first-order valence-electron chi connectivity index (χ1n) is 5.97. The number of benzene rings is 1. The summed E-state index contributed by atoms with van der Waals surface area (Å²) in [7, 11) is 0. The third-order valence-corrected chi connectivity index (χ3v) is 3.46. The van der Waals surface area contributed by atoms with E-state index in [2.05, 4.69) is 24.0 Å². The Morgan fingerprint density at radius 3 is 2.62 bits per heavy atom. The van der Waals surface area contributed by atoms with Gasteiger partial charge in [0.25, 0.3) is 0 Å². The van der Waals surface area contributed by atoms with Crippen LogP contribution in [0.3, 0.4) is 0 Å². The van der Waals surface area contributed by atoms with E-state index < -0.39 is 0 Å². The van der Waals surface area contributed by atoms with Gasteiger partial charge >= 0.3 is 0 Å². The number of piperidine rings is 1. The van der Waals surface area contributed by atoms with Crippen molar-refractivity contribution in [1.82, 2.24) is 4.90 Å². The normalized spacial score (nSPS) is 27.0. The van der Waals surface area contributed by atoms with Crippen molar-refractivity contribution in [1.29, 1.82) is 0 Å². The average Bonchev–Trinajstić information content (AvgIpc) is 2.27. The van der Waals surface area contributed by atoms with E-state index >= 15 is 0 Å². The summed E-state index contributed by atoms with van der Waals surface area (Å²) in [5, 5.41) is 0. The Kier molecular flexibility index (Phi) is 3.39. The molecule has 0 saturated carbocycles. The fraction of sp³-hybridized carbons (Fsp3) is 0.500. The Balaban J connectivity index is 2.02. The van der Waals surface area contributed by atoms with Crippen molar-refractivity contribution in [2.75, 3.05) is 6.54 Å². The van der Waals surface area contributed by atoms with Gasteiger partial charge in [0.05, 0.1) is 6.54 Å². The van der Waals surface area contributed by atoms with Crippen LogP contribution in [-0.2, 0) is 11.3 Å². The van der Waals surface area contributed by atoms with Gasteiger partial charge in [-0.25, -0.2) is 0 Å². The largest absolute Gasteiger partial charge is 0.298 e. The lowest BCUT2D eigenvalue weighted by Gasteiger charge is -2.35. The molecular weight excluding hydrogens is 198 g/mol. The van der Waals surface area contributed by atoms with Crippen molar-refractivity contribution in [3.8, 4) is 0 Å². The van der Waals surface area contributed by atoms with Gasteiger partial charge in [-0.2, -0.15) is 0 Å². The molecule has 2 rings (SSSR count). The number of rotatable bonds is 2. The molecule has 1 aliphatic rings. The molecule has 86 valence electrons. The van der Waals surface area contributed by atoms with Gasteiger partial charge in [-0.15, -0.1) is 0 Å². The van der Waals surface area contributed by atoms with Gasteiger partial charge in [0, 0.05) is 18.5 Å². The molecule has 1 fully saturated rings. The molecule has 1 aromatic rings. The predicted octanol–water partition coefficient (Wildman–Crippen LogP) is 2.49. The van der Waals surface area contributed by atoms with Gasteiger partial charge in [0.2, 0.25) is 0 Å². The Morgan fingerprint density at radius 1 is 1.25 bits per heavy atom. The molecule has 0 amide bonds. The summed E-state index contributed by atoms with van der Waals surface area (Å²) < 4.78 is 0. The van der Waals surface area contributed by atoms with Crippen LogP contribution >= 0.6 is 0 Å².